The van der Waals surface area contributed by atoms with Crippen LogP contribution >= 0.6 is 11.3 Å². The average Bonchev–Trinajstić information content (AvgIpc) is 3.25. The number of carbonyl (C=O) groups is 1. The Kier molecular flexibility index (Phi) is 3.22. The molecule has 112 valence electrons. The first kappa shape index (κ1) is 13.5. The number of thiophene rings is 1. The van der Waals surface area contributed by atoms with Crippen LogP contribution in [-0.2, 0) is 0 Å². The van der Waals surface area contributed by atoms with Gasteiger partial charge in [-0.25, -0.2) is 4.98 Å². The maximum atomic E-state index is 12.5. The summed E-state index contributed by atoms with van der Waals surface area (Å²) in [6.07, 6.45) is 0.983. The highest BCUT2D eigenvalue weighted by molar-refractivity contribution is 7.08. The maximum absolute atomic E-state index is 12.5. The van der Waals surface area contributed by atoms with Gasteiger partial charge in [0.15, 0.2) is 0 Å². The van der Waals surface area contributed by atoms with Crippen LogP contribution in [0.4, 0.5) is 0 Å². The number of fused-ring (bicyclic) bond motifs is 1. The highest BCUT2D eigenvalue weighted by Crippen LogP contribution is 2.28. The van der Waals surface area contributed by atoms with Gasteiger partial charge in [-0.1, -0.05) is 12.1 Å². The number of nitrogens with zero attached hydrogens (tertiary/aromatic N) is 3. The first-order chi connectivity index (χ1) is 10.7. The second-order valence-corrected chi connectivity index (χ2v) is 6.50. The van der Waals surface area contributed by atoms with Crippen LogP contribution in [0.25, 0.3) is 11.0 Å². The fraction of sp³-hybridized carbons (Fsp3) is 0.294. The molecule has 4 rings (SSSR count). The van der Waals surface area contributed by atoms with Crippen molar-refractivity contribution >= 4 is 28.3 Å². The number of carbonyl (C=O) groups excluding carboxylic acids is 1. The number of hydrogen-bond acceptors (Lipinski definition) is 3. The summed E-state index contributed by atoms with van der Waals surface area (Å²) >= 11 is 1.57. The second kappa shape index (κ2) is 5.25. The SMILES string of the molecule is Cc1nc2ccccc2n1[C@@H]1CCN(C(=O)c2ccsc2)C1. The molecule has 22 heavy (non-hydrogen) atoms. The minimum atomic E-state index is 0.144. The van der Waals surface area contributed by atoms with Crippen LogP contribution in [0.3, 0.4) is 0 Å². The first-order valence-electron chi connectivity index (χ1n) is 7.49. The fourth-order valence-corrected chi connectivity index (χ4v) is 3.96. The number of para-hydroxylation sites is 2. The zero-order chi connectivity index (χ0) is 15.1. The quantitative estimate of drug-likeness (QED) is 0.726. The van der Waals surface area contributed by atoms with Crippen molar-refractivity contribution < 1.29 is 4.79 Å². The molecule has 0 bridgehead atoms. The highest BCUT2D eigenvalue weighted by atomic mass is 32.1. The number of aryl methyl sites for hydroxylation is 1. The summed E-state index contributed by atoms with van der Waals surface area (Å²) in [4.78, 5) is 19.1. The Hall–Kier alpha value is -2.14. The third kappa shape index (κ3) is 2.13. The summed E-state index contributed by atoms with van der Waals surface area (Å²) in [6, 6.07) is 10.4. The van der Waals surface area contributed by atoms with E-state index in [0.717, 1.165) is 41.9 Å². The molecular weight excluding hydrogens is 294 g/mol. The van der Waals surface area contributed by atoms with Crippen molar-refractivity contribution in [3.8, 4) is 0 Å². The molecule has 0 spiro atoms. The van der Waals surface area contributed by atoms with E-state index in [0.29, 0.717) is 6.04 Å². The Morgan fingerprint density at radius 3 is 3.00 bits per heavy atom. The Morgan fingerprint density at radius 2 is 2.18 bits per heavy atom. The molecule has 4 nitrogen and oxygen atoms in total. The van der Waals surface area contributed by atoms with Crippen LogP contribution in [-0.4, -0.2) is 33.4 Å². The van der Waals surface area contributed by atoms with Crippen molar-refractivity contribution in [1.82, 2.24) is 14.5 Å². The van der Waals surface area contributed by atoms with Crippen LogP contribution in [0.15, 0.2) is 41.1 Å². The van der Waals surface area contributed by atoms with E-state index >= 15 is 0 Å². The van der Waals surface area contributed by atoms with Crippen molar-refractivity contribution in [3.63, 3.8) is 0 Å². The Bertz CT molecular complexity index is 822. The predicted molar refractivity (Wildman–Crippen MR) is 88.3 cm³/mol. The molecule has 3 aromatic rings. The van der Waals surface area contributed by atoms with E-state index in [4.69, 9.17) is 0 Å². The molecule has 0 unspecified atom stereocenters. The number of aromatic nitrogens is 2. The van der Waals surface area contributed by atoms with Crippen molar-refractivity contribution in [3.05, 3.63) is 52.5 Å². The molecule has 1 amide bonds. The molecule has 0 aliphatic carbocycles. The molecule has 0 saturated carbocycles. The van der Waals surface area contributed by atoms with E-state index in [1.165, 1.54) is 0 Å². The molecule has 1 aliphatic rings. The topological polar surface area (TPSA) is 38.1 Å². The lowest BCUT2D eigenvalue weighted by atomic mass is 10.2. The van der Waals surface area contributed by atoms with Crippen molar-refractivity contribution in [2.24, 2.45) is 0 Å². The third-order valence-electron chi connectivity index (χ3n) is 4.36. The number of imidazole rings is 1. The van der Waals surface area contributed by atoms with Gasteiger partial charge >= 0.3 is 0 Å². The van der Waals surface area contributed by atoms with E-state index in [2.05, 4.69) is 15.6 Å². The second-order valence-electron chi connectivity index (χ2n) is 5.72. The van der Waals surface area contributed by atoms with E-state index < -0.39 is 0 Å². The number of benzene rings is 1. The van der Waals surface area contributed by atoms with Crippen LogP contribution in [0.1, 0.15) is 28.6 Å². The third-order valence-corrected chi connectivity index (χ3v) is 5.04. The number of likely N-dealkylation sites (tertiary alicyclic amines) is 1. The van der Waals surface area contributed by atoms with E-state index in [-0.39, 0.29) is 5.91 Å². The highest BCUT2D eigenvalue weighted by Gasteiger charge is 2.29. The lowest BCUT2D eigenvalue weighted by Gasteiger charge is -2.18. The van der Waals surface area contributed by atoms with Crippen LogP contribution < -0.4 is 0 Å². The van der Waals surface area contributed by atoms with Gasteiger partial charge in [0, 0.05) is 18.5 Å². The van der Waals surface area contributed by atoms with Gasteiger partial charge in [-0.15, -0.1) is 0 Å². The average molecular weight is 311 g/mol. The van der Waals surface area contributed by atoms with Gasteiger partial charge in [0.2, 0.25) is 0 Å². The van der Waals surface area contributed by atoms with Crippen molar-refractivity contribution in [2.45, 2.75) is 19.4 Å². The molecule has 1 fully saturated rings. The standard InChI is InChI=1S/C17H17N3OS/c1-12-18-15-4-2-3-5-16(15)20(12)14-6-8-19(10-14)17(21)13-7-9-22-11-13/h2-5,7,9,11,14H,6,8,10H2,1H3/t14-/m1/s1. The molecule has 5 heteroatoms. The molecule has 1 aromatic carbocycles. The Labute approximate surface area is 133 Å². The van der Waals surface area contributed by atoms with Crippen LogP contribution in [0.2, 0.25) is 0 Å². The minimum absolute atomic E-state index is 0.144. The largest absolute Gasteiger partial charge is 0.336 e. The number of amides is 1. The van der Waals surface area contributed by atoms with Crippen LogP contribution in [0, 0.1) is 6.92 Å². The monoisotopic (exact) mass is 311 g/mol. The molecule has 1 aliphatic heterocycles. The van der Waals surface area contributed by atoms with Gasteiger partial charge in [0.1, 0.15) is 5.82 Å². The van der Waals surface area contributed by atoms with Crippen LogP contribution in [0.5, 0.6) is 0 Å². The summed E-state index contributed by atoms with van der Waals surface area (Å²) in [5.41, 5.74) is 3.00. The molecule has 0 radical (unpaired) electrons. The van der Waals surface area contributed by atoms with Gasteiger partial charge in [0.25, 0.3) is 5.91 Å². The molecule has 0 N–H and O–H groups in total. The zero-order valence-corrected chi connectivity index (χ0v) is 13.2. The van der Waals surface area contributed by atoms with E-state index in [9.17, 15) is 4.79 Å². The molecule has 3 heterocycles. The maximum Gasteiger partial charge on any atom is 0.254 e. The van der Waals surface area contributed by atoms with Crippen molar-refractivity contribution in [2.75, 3.05) is 13.1 Å². The van der Waals surface area contributed by atoms with Gasteiger partial charge in [-0.2, -0.15) is 11.3 Å². The summed E-state index contributed by atoms with van der Waals surface area (Å²) in [5.74, 6) is 1.17. The molecular formula is C17H17N3OS. The van der Waals surface area contributed by atoms with Gasteiger partial charge in [-0.05, 0) is 36.9 Å². The number of hydrogen-bond donors (Lipinski definition) is 0. The lowest BCUT2D eigenvalue weighted by Crippen LogP contribution is -2.28. The van der Waals surface area contributed by atoms with Gasteiger partial charge in [0.05, 0.1) is 22.6 Å². The summed E-state index contributed by atoms with van der Waals surface area (Å²) in [7, 11) is 0. The van der Waals surface area contributed by atoms with E-state index in [1.807, 2.05) is 46.8 Å². The van der Waals surface area contributed by atoms with Crippen molar-refractivity contribution in [1.29, 1.82) is 0 Å². The molecule has 2 aromatic heterocycles. The lowest BCUT2D eigenvalue weighted by molar-refractivity contribution is 0.0788. The zero-order valence-electron chi connectivity index (χ0n) is 12.4. The van der Waals surface area contributed by atoms with E-state index in [1.54, 1.807) is 11.3 Å². The number of rotatable bonds is 2. The normalized spacial score (nSPS) is 18.2. The summed E-state index contributed by atoms with van der Waals surface area (Å²) in [5, 5.41) is 3.88. The van der Waals surface area contributed by atoms with Gasteiger partial charge in [-0.3, -0.25) is 4.79 Å². The first-order valence-corrected chi connectivity index (χ1v) is 8.43. The minimum Gasteiger partial charge on any atom is -0.336 e. The van der Waals surface area contributed by atoms with Gasteiger partial charge < -0.3 is 9.47 Å². The smallest absolute Gasteiger partial charge is 0.254 e. The summed E-state index contributed by atoms with van der Waals surface area (Å²) < 4.78 is 2.29. The predicted octanol–water partition coefficient (Wildman–Crippen LogP) is 3.49. The summed E-state index contributed by atoms with van der Waals surface area (Å²) in [6.45, 7) is 3.62. The molecule has 1 saturated heterocycles. The fourth-order valence-electron chi connectivity index (χ4n) is 3.33. The Balaban J connectivity index is 1.62. The Morgan fingerprint density at radius 1 is 1.32 bits per heavy atom. The molecule has 1 atom stereocenters.